The molecule has 32 heavy (non-hydrogen) atoms. The number of aliphatic hydroxyl groups is 2. The van der Waals surface area contributed by atoms with E-state index in [1.807, 2.05) is 0 Å². The molecule has 0 heterocycles. The van der Waals surface area contributed by atoms with Crippen LogP contribution in [-0.4, -0.2) is 42.0 Å². The normalized spacial score (nSPS) is 49.7. The van der Waals surface area contributed by atoms with Gasteiger partial charge < -0.3 is 10.2 Å². The predicted molar refractivity (Wildman–Crippen MR) is 123 cm³/mol. The number of fused-ring (bicyclic) bond motifs is 5. The summed E-state index contributed by atoms with van der Waals surface area (Å²) in [6, 6.07) is 0. The molecule has 186 valence electrons. The van der Waals surface area contributed by atoms with E-state index >= 15 is 0 Å². The molecule has 6 nitrogen and oxygen atoms in total. The third-order valence-electron chi connectivity index (χ3n) is 11.0. The number of aliphatic hydroxyl groups excluding tert-OH is 2. The Hall–Kier alpha value is -0.210. The van der Waals surface area contributed by atoms with Crippen LogP contribution in [0.2, 0.25) is 0 Å². The molecule has 11 atom stereocenters. The molecule has 4 saturated carbocycles. The number of hydrogen-bond acceptors (Lipinski definition) is 5. The van der Waals surface area contributed by atoms with Gasteiger partial charge in [-0.15, -0.1) is 0 Å². The number of hydrogen-bond donors (Lipinski definition) is 3. The van der Waals surface area contributed by atoms with Gasteiger partial charge in [-0.25, -0.2) is 4.18 Å². The minimum absolute atomic E-state index is 0.0198. The van der Waals surface area contributed by atoms with E-state index in [1.165, 1.54) is 0 Å². The Morgan fingerprint density at radius 2 is 1.66 bits per heavy atom. The van der Waals surface area contributed by atoms with Crippen LogP contribution < -0.4 is 0 Å². The van der Waals surface area contributed by atoms with Gasteiger partial charge in [0.25, 0.3) is 0 Å². The van der Waals surface area contributed by atoms with E-state index in [0.717, 1.165) is 51.4 Å². The summed E-state index contributed by atoms with van der Waals surface area (Å²) in [5.74, 6) is 2.78. The van der Waals surface area contributed by atoms with Crippen LogP contribution in [0.25, 0.3) is 0 Å². The second kappa shape index (κ2) is 8.78. The second-order valence-corrected chi connectivity index (χ2v) is 13.2. The maximum atomic E-state index is 11.7. The summed E-state index contributed by atoms with van der Waals surface area (Å²) in [6.07, 6.45) is 8.38. The summed E-state index contributed by atoms with van der Waals surface area (Å²) in [7, 11) is -4.39. The molecule has 0 amide bonds. The molecule has 0 radical (unpaired) electrons. The van der Waals surface area contributed by atoms with Crippen molar-refractivity contribution < 1.29 is 27.4 Å². The van der Waals surface area contributed by atoms with E-state index in [0.29, 0.717) is 41.9 Å². The van der Waals surface area contributed by atoms with Crippen LogP contribution in [0.4, 0.5) is 0 Å². The molecule has 4 aliphatic carbocycles. The van der Waals surface area contributed by atoms with Crippen molar-refractivity contribution in [2.75, 3.05) is 6.61 Å². The van der Waals surface area contributed by atoms with Gasteiger partial charge in [0.15, 0.2) is 0 Å². The fourth-order valence-electron chi connectivity index (χ4n) is 9.47. The van der Waals surface area contributed by atoms with Crippen molar-refractivity contribution in [2.45, 2.75) is 97.7 Å². The molecule has 4 rings (SSSR count). The quantitative estimate of drug-likeness (QED) is 0.493. The van der Waals surface area contributed by atoms with Crippen molar-refractivity contribution >= 4 is 10.4 Å². The molecule has 4 aliphatic rings. The maximum absolute atomic E-state index is 11.7. The third kappa shape index (κ3) is 4.08. The van der Waals surface area contributed by atoms with Crippen molar-refractivity contribution in [2.24, 2.45) is 52.3 Å². The molecular formula is C25H44O6S. The monoisotopic (exact) mass is 472 g/mol. The Morgan fingerprint density at radius 1 is 1.00 bits per heavy atom. The fraction of sp³-hybridized carbons (Fsp3) is 1.00. The molecule has 4 unspecified atom stereocenters. The van der Waals surface area contributed by atoms with Crippen molar-refractivity contribution in [3.63, 3.8) is 0 Å². The zero-order chi connectivity index (χ0) is 23.5. The van der Waals surface area contributed by atoms with Crippen LogP contribution in [0.3, 0.4) is 0 Å². The van der Waals surface area contributed by atoms with Gasteiger partial charge in [-0.2, -0.15) is 8.42 Å². The van der Waals surface area contributed by atoms with Crippen molar-refractivity contribution in [1.29, 1.82) is 0 Å². The molecule has 4 fully saturated rings. The van der Waals surface area contributed by atoms with Crippen molar-refractivity contribution in [3.05, 3.63) is 0 Å². The first-order chi connectivity index (χ1) is 14.9. The van der Waals surface area contributed by atoms with Gasteiger partial charge in [-0.1, -0.05) is 34.1 Å². The van der Waals surface area contributed by atoms with E-state index in [4.69, 9.17) is 4.55 Å². The highest BCUT2D eigenvalue weighted by Gasteiger charge is 2.64. The van der Waals surface area contributed by atoms with E-state index in [2.05, 4.69) is 31.9 Å². The Bertz CT molecular complexity index is 785. The van der Waals surface area contributed by atoms with Gasteiger partial charge >= 0.3 is 10.4 Å². The van der Waals surface area contributed by atoms with E-state index < -0.39 is 10.4 Å². The SMILES string of the molecule is CC[C@H]1[C@@H](O)C2C3CC[C@H]([C@H](C)CCOS(=O)(=O)O)C3(C)CCC2[C@@]2(C)CC[C@H](O)C[C@@H]12. The Labute approximate surface area is 194 Å². The summed E-state index contributed by atoms with van der Waals surface area (Å²) in [4.78, 5) is 0. The summed E-state index contributed by atoms with van der Waals surface area (Å²) in [5.41, 5.74) is 0.355. The van der Waals surface area contributed by atoms with E-state index in [1.54, 1.807) is 0 Å². The number of rotatable bonds is 6. The molecule has 0 aromatic rings. The molecule has 0 bridgehead atoms. The summed E-state index contributed by atoms with van der Waals surface area (Å²) in [5, 5.41) is 22.1. The standard InChI is InChI=1S/C25H44O6S/c1-5-17-21-14-16(26)8-11-25(21,4)20-9-12-24(3)18(6-7-19(24)22(20)23(17)27)15(2)10-13-31-32(28,29)30/h15-23,26-27H,5-14H2,1-4H3,(H,28,29,30)/t15-,16+,17-,18-,19?,20?,21+,22?,23-,24?,25-/m1/s1. The first kappa shape index (κ1) is 24.9. The third-order valence-corrected chi connectivity index (χ3v) is 11.4. The van der Waals surface area contributed by atoms with Gasteiger partial charge in [0.05, 0.1) is 18.8 Å². The van der Waals surface area contributed by atoms with Crippen LogP contribution in [0.5, 0.6) is 0 Å². The van der Waals surface area contributed by atoms with E-state index in [-0.39, 0.29) is 35.6 Å². The summed E-state index contributed by atoms with van der Waals surface area (Å²) < 4.78 is 35.4. The van der Waals surface area contributed by atoms with Crippen molar-refractivity contribution in [3.8, 4) is 0 Å². The van der Waals surface area contributed by atoms with Crippen LogP contribution in [-0.2, 0) is 14.6 Å². The van der Waals surface area contributed by atoms with Crippen LogP contribution in [0.1, 0.15) is 85.5 Å². The lowest BCUT2D eigenvalue weighted by atomic mass is 9.41. The van der Waals surface area contributed by atoms with Gasteiger partial charge in [-0.05, 0) is 104 Å². The predicted octanol–water partition coefficient (Wildman–Crippen LogP) is 4.46. The Balaban J connectivity index is 1.56. The molecule has 0 saturated heterocycles. The van der Waals surface area contributed by atoms with Crippen LogP contribution in [0.15, 0.2) is 0 Å². The summed E-state index contributed by atoms with van der Waals surface area (Å²) in [6.45, 7) is 9.28. The molecule has 7 heteroatoms. The van der Waals surface area contributed by atoms with Gasteiger partial charge in [-0.3, -0.25) is 4.55 Å². The fourth-order valence-corrected chi connectivity index (χ4v) is 9.78. The Kier molecular flexibility index (Phi) is 6.83. The van der Waals surface area contributed by atoms with E-state index in [9.17, 15) is 18.6 Å². The molecule has 0 aliphatic heterocycles. The first-order valence-electron chi connectivity index (χ1n) is 12.9. The molecule has 0 aromatic carbocycles. The topological polar surface area (TPSA) is 104 Å². The highest BCUT2D eigenvalue weighted by Crippen LogP contribution is 2.69. The summed E-state index contributed by atoms with van der Waals surface area (Å²) >= 11 is 0. The smallest absolute Gasteiger partial charge is 0.393 e. The second-order valence-electron chi connectivity index (χ2n) is 12.1. The molecular weight excluding hydrogens is 428 g/mol. The highest BCUT2D eigenvalue weighted by molar-refractivity contribution is 7.80. The van der Waals surface area contributed by atoms with Crippen molar-refractivity contribution in [1.82, 2.24) is 0 Å². The lowest BCUT2D eigenvalue weighted by Crippen LogP contribution is -2.62. The molecule has 0 aromatic heterocycles. The first-order valence-corrected chi connectivity index (χ1v) is 14.3. The van der Waals surface area contributed by atoms with Crippen LogP contribution in [0, 0.1) is 52.3 Å². The molecule has 0 spiro atoms. The largest absolute Gasteiger partial charge is 0.397 e. The Morgan fingerprint density at radius 3 is 2.31 bits per heavy atom. The zero-order valence-electron chi connectivity index (χ0n) is 20.2. The van der Waals surface area contributed by atoms with Gasteiger partial charge in [0.1, 0.15) is 0 Å². The van der Waals surface area contributed by atoms with Crippen LogP contribution >= 0.6 is 0 Å². The zero-order valence-corrected chi connectivity index (χ0v) is 21.1. The van der Waals surface area contributed by atoms with Gasteiger partial charge in [0, 0.05) is 0 Å². The lowest BCUT2D eigenvalue weighted by molar-refractivity contribution is -0.203. The maximum Gasteiger partial charge on any atom is 0.397 e. The minimum atomic E-state index is -4.39. The van der Waals surface area contributed by atoms with Gasteiger partial charge in [0.2, 0.25) is 0 Å². The lowest BCUT2D eigenvalue weighted by Gasteiger charge is -2.64. The molecule has 3 N–H and O–H groups in total. The average Bonchev–Trinajstić information content (AvgIpc) is 3.06. The minimum Gasteiger partial charge on any atom is -0.393 e. The highest BCUT2D eigenvalue weighted by atomic mass is 32.3. The average molecular weight is 473 g/mol.